The van der Waals surface area contributed by atoms with Crippen molar-refractivity contribution in [2.24, 2.45) is 0 Å². The van der Waals surface area contributed by atoms with E-state index in [1.807, 2.05) is 23.8 Å². The molecule has 2 heterocycles. The van der Waals surface area contributed by atoms with Crippen LogP contribution in [0.25, 0.3) is 5.69 Å². The number of hydrogen-bond acceptors (Lipinski definition) is 2. The Hall–Kier alpha value is -2.43. The van der Waals surface area contributed by atoms with E-state index in [1.165, 1.54) is 12.1 Å². The van der Waals surface area contributed by atoms with Crippen LogP contribution in [0.1, 0.15) is 56.6 Å². The summed E-state index contributed by atoms with van der Waals surface area (Å²) in [4.78, 5) is 4.26. The summed E-state index contributed by atoms with van der Waals surface area (Å²) < 4.78 is 14.8. The van der Waals surface area contributed by atoms with Crippen molar-refractivity contribution in [1.29, 1.82) is 0 Å². The van der Waals surface area contributed by atoms with E-state index in [0.29, 0.717) is 11.8 Å². The lowest BCUT2D eigenvalue weighted by molar-refractivity contribution is 0.626. The Labute approximate surface area is 142 Å². The van der Waals surface area contributed by atoms with Crippen LogP contribution in [0.5, 0.6) is 0 Å². The molecule has 1 N–H and O–H groups in total. The minimum absolute atomic E-state index is 0.229. The fourth-order valence-corrected chi connectivity index (χ4v) is 2.15. The van der Waals surface area contributed by atoms with Crippen molar-refractivity contribution >= 4 is 0 Å². The molecule has 0 saturated carbocycles. The summed E-state index contributed by atoms with van der Waals surface area (Å²) in [5.41, 5.74) is 4.10. The lowest BCUT2D eigenvalue weighted by Crippen LogP contribution is -1.91. The molecule has 3 aromatic rings. The number of benzene rings is 1. The summed E-state index contributed by atoms with van der Waals surface area (Å²) in [6, 6.07) is 8.55. The van der Waals surface area contributed by atoms with Crippen molar-refractivity contribution in [2.75, 3.05) is 0 Å². The Morgan fingerprint density at radius 1 is 1.04 bits per heavy atom. The first kappa shape index (κ1) is 17.9. The summed E-state index contributed by atoms with van der Waals surface area (Å²) in [5, 5.41) is 6.99. The quantitative estimate of drug-likeness (QED) is 0.737. The SMILES string of the molecule is CC(C)c1cn(-c2cccc(F)c2)cn1.Cc1cc(C(C)C)n[nH]1. The molecule has 1 aromatic carbocycles. The zero-order valence-corrected chi connectivity index (χ0v) is 14.9. The fourth-order valence-electron chi connectivity index (χ4n) is 2.15. The number of hydrogen-bond donors (Lipinski definition) is 1. The molecule has 0 aliphatic carbocycles. The highest BCUT2D eigenvalue weighted by atomic mass is 19.1. The molecule has 0 spiro atoms. The highest BCUT2D eigenvalue weighted by Gasteiger charge is 2.04. The summed E-state index contributed by atoms with van der Waals surface area (Å²) in [5.74, 6) is 0.696. The van der Waals surface area contributed by atoms with Gasteiger partial charge in [0.25, 0.3) is 0 Å². The van der Waals surface area contributed by atoms with Gasteiger partial charge in [-0.25, -0.2) is 9.37 Å². The highest BCUT2D eigenvalue weighted by molar-refractivity contribution is 5.32. The van der Waals surface area contributed by atoms with Crippen LogP contribution in [0.2, 0.25) is 0 Å². The zero-order chi connectivity index (χ0) is 17.7. The molecular weight excluding hydrogens is 303 g/mol. The van der Waals surface area contributed by atoms with Gasteiger partial charge in [0.05, 0.1) is 17.7 Å². The third-order valence-electron chi connectivity index (χ3n) is 3.62. The molecule has 4 nitrogen and oxygen atoms in total. The van der Waals surface area contributed by atoms with Gasteiger partial charge in [-0.05, 0) is 43.0 Å². The number of nitrogens with one attached hydrogen (secondary N) is 1. The van der Waals surface area contributed by atoms with Gasteiger partial charge in [-0.1, -0.05) is 33.8 Å². The maximum absolute atomic E-state index is 13.0. The van der Waals surface area contributed by atoms with E-state index in [4.69, 9.17) is 0 Å². The van der Waals surface area contributed by atoms with Crippen molar-refractivity contribution in [2.45, 2.75) is 46.5 Å². The van der Waals surface area contributed by atoms with E-state index in [2.05, 4.69) is 48.9 Å². The van der Waals surface area contributed by atoms with Crippen LogP contribution >= 0.6 is 0 Å². The van der Waals surface area contributed by atoms with Crippen molar-refractivity contribution in [3.8, 4) is 5.69 Å². The number of rotatable bonds is 3. The predicted molar refractivity (Wildman–Crippen MR) is 95.0 cm³/mol. The summed E-state index contributed by atoms with van der Waals surface area (Å²) in [7, 11) is 0. The van der Waals surface area contributed by atoms with Crippen LogP contribution in [-0.2, 0) is 0 Å². The van der Waals surface area contributed by atoms with Gasteiger partial charge in [-0.3, -0.25) is 5.10 Å². The smallest absolute Gasteiger partial charge is 0.125 e. The molecule has 24 heavy (non-hydrogen) atoms. The molecule has 5 heteroatoms. The van der Waals surface area contributed by atoms with Gasteiger partial charge in [-0.2, -0.15) is 5.10 Å². The number of nitrogens with zero attached hydrogens (tertiary/aromatic N) is 3. The van der Waals surface area contributed by atoms with Crippen LogP contribution in [0.4, 0.5) is 4.39 Å². The molecule has 2 aromatic heterocycles. The van der Waals surface area contributed by atoms with Crippen LogP contribution in [0.15, 0.2) is 42.9 Å². The van der Waals surface area contributed by atoms with Crippen molar-refractivity contribution in [1.82, 2.24) is 19.7 Å². The lowest BCUT2D eigenvalue weighted by atomic mass is 10.1. The third kappa shape index (κ3) is 4.78. The second kappa shape index (κ2) is 7.90. The summed E-state index contributed by atoms with van der Waals surface area (Å²) in [6.45, 7) is 10.4. The van der Waals surface area contributed by atoms with Gasteiger partial charge >= 0.3 is 0 Å². The number of H-pyrrole nitrogens is 1. The predicted octanol–water partition coefficient (Wildman–Crippen LogP) is 4.98. The lowest BCUT2D eigenvalue weighted by Gasteiger charge is -2.01. The molecular formula is C19H25FN4. The normalized spacial score (nSPS) is 10.8. The average Bonchev–Trinajstić information content (AvgIpc) is 3.17. The number of aromatic amines is 1. The molecule has 0 aliphatic rings. The molecule has 0 radical (unpaired) electrons. The standard InChI is InChI=1S/C12H13FN2.C7H12N2/c1-9(2)12-7-15(8-14-12)11-5-3-4-10(13)6-11;1-5(2)7-4-6(3)8-9-7/h3-9H,1-2H3;4-5H,1-3H3,(H,8,9). The topological polar surface area (TPSA) is 46.5 Å². The maximum Gasteiger partial charge on any atom is 0.125 e. The Morgan fingerprint density at radius 3 is 2.21 bits per heavy atom. The average molecular weight is 328 g/mol. The molecule has 3 rings (SSSR count). The van der Waals surface area contributed by atoms with Gasteiger partial charge in [0.2, 0.25) is 0 Å². The number of aryl methyl sites for hydroxylation is 1. The monoisotopic (exact) mass is 328 g/mol. The summed E-state index contributed by atoms with van der Waals surface area (Å²) in [6.07, 6.45) is 3.64. The van der Waals surface area contributed by atoms with Gasteiger partial charge in [0.15, 0.2) is 0 Å². The van der Waals surface area contributed by atoms with E-state index in [0.717, 1.165) is 22.8 Å². The maximum atomic E-state index is 13.0. The molecule has 0 bridgehead atoms. The largest absolute Gasteiger partial charge is 0.306 e. The minimum atomic E-state index is -0.229. The van der Waals surface area contributed by atoms with Crippen molar-refractivity contribution in [3.05, 3.63) is 65.8 Å². The third-order valence-corrected chi connectivity index (χ3v) is 3.62. The van der Waals surface area contributed by atoms with Gasteiger partial charge < -0.3 is 4.57 Å². The van der Waals surface area contributed by atoms with E-state index in [9.17, 15) is 4.39 Å². The van der Waals surface area contributed by atoms with E-state index < -0.39 is 0 Å². The van der Waals surface area contributed by atoms with E-state index in [-0.39, 0.29) is 5.82 Å². The number of aromatic nitrogens is 4. The minimum Gasteiger partial charge on any atom is -0.306 e. The first-order valence-electron chi connectivity index (χ1n) is 8.18. The van der Waals surface area contributed by atoms with Crippen molar-refractivity contribution < 1.29 is 4.39 Å². The number of imidazole rings is 1. The second-order valence-corrected chi connectivity index (χ2v) is 6.47. The van der Waals surface area contributed by atoms with E-state index in [1.54, 1.807) is 12.4 Å². The first-order valence-corrected chi connectivity index (χ1v) is 8.18. The first-order chi connectivity index (χ1) is 11.4. The molecule has 0 saturated heterocycles. The van der Waals surface area contributed by atoms with Crippen LogP contribution in [0, 0.1) is 12.7 Å². The summed E-state index contributed by atoms with van der Waals surface area (Å²) >= 11 is 0. The van der Waals surface area contributed by atoms with Crippen LogP contribution in [-0.4, -0.2) is 19.7 Å². The number of halogens is 1. The van der Waals surface area contributed by atoms with Crippen LogP contribution in [0.3, 0.4) is 0 Å². The second-order valence-electron chi connectivity index (χ2n) is 6.47. The molecule has 0 unspecified atom stereocenters. The highest BCUT2D eigenvalue weighted by Crippen LogP contribution is 2.15. The Bertz CT molecular complexity index is 771. The molecule has 0 fully saturated rings. The van der Waals surface area contributed by atoms with Gasteiger partial charge in [0.1, 0.15) is 5.82 Å². The van der Waals surface area contributed by atoms with Gasteiger partial charge in [-0.15, -0.1) is 0 Å². The Balaban J connectivity index is 0.000000198. The zero-order valence-electron chi connectivity index (χ0n) is 14.9. The van der Waals surface area contributed by atoms with Crippen molar-refractivity contribution in [3.63, 3.8) is 0 Å². The van der Waals surface area contributed by atoms with E-state index >= 15 is 0 Å². The van der Waals surface area contributed by atoms with Crippen LogP contribution < -0.4 is 0 Å². The fraction of sp³-hybridized carbons (Fsp3) is 0.368. The Kier molecular flexibility index (Phi) is 5.90. The van der Waals surface area contributed by atoms with Gasteiger partial charge in [0, 0.05) is 17.6 Å². The molecule has 0 atom stereocenters. The molecule has 128 valence electrons. The molecule has 0 amide bonds. The Morgan fingerprint density at radius 2 is 1.75 bits per heavy atom. The molecule has 0 aliphatic heterocycles.